The van der Waals surface area contributed by atoms with Crippen LogP contribution in [0.2, 0.25) is 0 Å². The minimum Gasteiger partial charge on any atom is -0.353 e. The Labute approximate surface area is 73.2 Å². The van der Waals surface area contributed by atoms with E-state index in [0.717, 1.165) is 26.0 Å². The van der Waals surface area contributed by atoms with E-state index in [9.17, 15) is 0 Å². The molecule has 4 nitrogen and oxygen atoms in total. The number of nitrogens with one attached hydrogen (secondary N) is 1. The highest BCUT2D eigenvalue weighted by Crippen LogP contribution is 2.25. The smallest absolute Gasteiger partial charge is 0.147 e. The highest BCUT2D eigenvalue weighted by molar-refractivity contribution is 5.59. The first kappa shape index (κ1) is 9.64. The molecule has 0 amide bonds. The third kappa shape index (κ3) is 2.89. The van der Waals surface area contributed by atoms with Crippen LogP contribution in [0.4, 0.5) is 0 Å². The maximum Gasteiger partial charge on any atom is 0.147 e. The van der Waals surface area contributed by atoms with E-state index in [4.69, 9.17) is 10.5 Å². The molecule has 1 fully saturated rings. The van der Waals surface area contributed by atoms with Gasteiger partial charge < -0.3 is 10.5 Å². The maximum atomic E-state index is 5.32. The van der Waals surface area contributed by atoms with E-state index in [1.807, 2.05) is 13.3 Å². The van der Waals surface area contributed by atoms with Gasteiger partial charge in [-0.05, 0) is 20.0 Å². The standard InChI is InChI=1S/C8H17N3O/c1-10-8(7-12-8)3-6-11-5-2-4-9/h6,10H,2-5,7,9H2,1H3/t8-/m0/s1. The Morgan fingerprint density at radius 1 is 1.75 bits per heavy atom. The summed E-state index contributed by atoms with van der Waals surface area (Å²) in [4.78, 5) is 4.21. The second-order valence-electron chi connectivity index (χ2n) is 2.97. The number of hydrogen-bond acceptors (Lipinski definition) is 4. The molecule has 3 N–H and O–H groups in total. The molecular weight excluding hydrogens is 154 g/mol. The molecule has 70 valence electrons. The van der Waals surface area contributed by atoms with Crippen LogP contribution in [0, 0.1) is 0 Å². The number of likely N-dealkylation sites (N-methyl/N-ethyl adjacent to an activating group) is 1. The van der Waals surface area contributed by atoms with E-state index < -0.39 is 0 Å². The summed E-state index contributed by atoms with van der Waals surface area (Å²) in [5, 5.41) is 3.11. The Bertz CT molecular complexity index is 154. The first-order valence-electron chi connectivity index (χ1n) is 4.34. The summed E-state index contributed by atoms with van der Waals surface area (Å²) in [6.45, 7) is 2.34. The van der Waals surface area contributed by atoms with Crippen molar-refractivity contribution < 1.29 is 4.74 Å². The van der Waals surface area contributed by atoms with Crippen LogP contribution in [0.3, 0.4) is 0 Å². The molecule has 0 radical (unpaired) electrons. The molecule has 1 heterocycles. The molecule has 12 heavy (non-hydrogen) atoms. The van der Waals surface area contributed by atoms with Crippen molar-refractivity contribution in [1.82, 2.24) is 5.32 Å². The van der Waals surface area contributed by atoms with Crippen LogP contribution in [0.25, 0.3) is 0 Å². The van der Waals surface area contributed by atoms with Crippen LogP contribution >= 0.6 is 0 Å². The van der Waals surface area contributed by atoms with Crippen LogP contribution in [0.1, 0.15) is 12.8 Å². The molecule has 0 bridgehead atoms. The normalized spacial score (nSPS) is 28.2. The predicted molar refractivity (Wildman–Crippen MR) is 49.4 cm³/mol. The Morgan fingerprint density at radius 3 is 3.00 bits per heavy atom. The van der Waals surface area contributed by atoms with Gasteiger partial charge in [-0.3, -0.25) is 10.3 Å². The monoisotopic (exact) mass is 171 g/mol. The quantitative estimate of drug-likeness (QED) is 0.329. The SMILES string of the molecule is CN[C@]1(CC=NCCCN)CO1. The summed E-state index contributed by atoms with van der Waals surface area (Å²) in [5.41, 5.74) is 5.23. The molecule has 1 aliphatic heterocycles. The van der Waals surface area contributed by atoms with Crippen LogP contribution in [0.15, 0.2) is 4.99 Å². The average molecular weight is 171 g/mol. The highest BCUT2D eigenvalue weighted by atomic mass is 16.6. The number of rotatable bonds is 6. The molecule has 0 unspecified atom stereocenters. The Morgan fingerprint density at radius 2 is 2.50 bits per heavy atom. The molecule has 0 aromatic carbocycles. The summed E-state index contributed by atoms with van der Waals surface area (Å²) in [5.74, 6) is 0. The van der Waals surface area contributed by atoms with Gasteiger partial charge in [0, 0.05) is 19.2 Å². The topological polar surface area (TPSA) is 62.9 Å². The van der Waals surface area contributed by atoms with Crippen molar-refractivity contribution in [1.29, 1.82) is 0 Å². The second-order valence-corrected chi connectivity index (χ2v) is 2.97. The lowest BCUT2D eigenvalue weighted by molar-refractivity contribution is 0.278. The summed E-state index contributed by atoms with van der Waals surface area (Å²) in [6, 6.07) is 0. The lowest BCUT2D eigenvalue weighted by Gasteiger charge is -2.04. The Balaban J connectivity index is 2.04. The predicted octanol–water partition coefficient (Wildman–Crippen LogP) is -0.258. The zero-order valence-corrected chi connectivity index (χ0v) is 7.55. The van der Waals surface area contributed by atoms with Crippen molar-refractivity contribution in [2.24, 2.45) is 10.7 Å². The molecule has 0 aromatic heterocycles. The fraction of sp³-hybridized carbons (Fsp3) is 0.875. The zero-order valence-electron chi connectivity index (χ0n) is 7.55. The van der Waals surface area contributed by atoms with E-state index in [1.54, 1.807) is 0 Å². The van der Waals surface area contributed by atoms with Crippen molar-refractivity contribution in [3.8, 4) is 0 Å². The summed E-state index contributed by atoms with van der Waals surface area (Å²) < 4.78 is 5.22. The van der Waals surface area contributed by atoms with Gasteiger partial charge in [-0.2, -0.15) is 0 Å². The van der Waals surface area contributed by atoms with Gasteiger partial charge in [-0.25, -0.2) is 0 Å². The Kier molecular flexibility index (Phi) is 3.65. The van der Waals surface area contributed by atoms with Crippen molar-refractivity contribution in [3.63, 3.8) is 0 Å². The van der Waals surface area contributed by atoms with Gasteiger partial charge in [0.25, 0.3) is 0 Å². The molecule has 0 aliphatic carbocycles. The number of aliphatic imine (C=N–C) groups is 1. The van der Waals surface area contributed by atoms with Crippen LogP contribution in [-0.2, 0) is 4.74 Å². The van der Waals surface area contributed by atoms with Crippen molar-refractivity contribution in [2.75, 3.05) is 26.7 Å². The number of hydrogen-bond donors (Lipinski definition) is 2. The Hall–Kier alpha value is -0.450. The van der Waals surface area contributed by atoms with Gasteiger partial charge in [-0.15, -0.1) is 0 Å². The van der Waals surface area contributed by atoms with Crippen molar-refractivity contribution >= 4 is 6.21 Å². The van der Waals surface area contributed by atoms with Gasteiger partial charge in [0.15, 0.2) is 0 Å². The second kappa shape index (κ2) is 4.54. The third-order valence-corrected chi connectivity index (χ3v) is 1.99. The molecule has 0 aromatic rings. The minimum atomic E-state index is -0.0911. The van der Waals surface area contributed by atoms with Gasteiger partial charge in [0.05, 0.1) is 6.61 Å². The zero-order chi connectivity index (χ0) is 8.86. The molecular formula is C8H17N3O. The maximum absolute atomic E-state index is 5.32. The fourth-order valence-electron chi connectivity index (χ4n) is 0.937. The lowest BCUT2D eigenvalue weighted by Crippen LogP contribution is -2.29. The molecule has 1 aliphatic rings. The van der Waals surface area contributed by atoms with E-state index in [2.05, 4.69) is 10.3 Å². The first-order valence-corrected chi connectivity index (χ1v) is 4.34. The number of epoxide rings is 1. The highest BCUT2D eigenvalue weighted by Gasteiger charge is 2.41. The van der Waals surface area contributed by atoms with Crippen LogP contribution in [0.5, 0.6) is 0 Å². The summed E-state index contributed by atoms with van der Waals surface area (Å²) in [7, 11) is 1.90. The number of ether oxygens (including phenoxy) is 1. The summed E-state index contributed by atoms with van der Waals surface area (Å²) in [6.07, 6.45) is 3.73. The van der Waals surface area contributed by atoms with Crippen molar-refractivity contribution in [2.45, 2.75) is 18.6 Å². The molecule has 0 saturated carbocycles. The van der Waals surface area contributed by atoms with E-state index in [-0.39, 0.29) is 5.72 Å². The fourth-order valence-corrected chi connectivity index (χ4v) is 0.937. The molecule has 1 rings (SSSR count). The van der Waals surface area contributed by atoms with Gasteiger partial charge in [-0.1, -0.05) is 0 Å². The number of nitrogens with zero attached hydrogens (tertiary/aromatic N) is 1. The van der Waals surface area contributed by atoms with E-state index in [0.29, 0.717) is 6.54 Å². The lowest BCUT2D eigenvalue weighted by atomic mass is 10.2. The largest absolute Gasteiger partial charge is 0.353 e. The molecule has 1 atom stereocenters. The average Bonchev–Trinajstić information content (AvgIpc) is 2.85. The summed E-state index contributed by atoms with van der Waals surface area (Å²) >= 11 is 0. The number of nitrogens with two attached hydrogens (primary N) is 1. The third-order valence-electron chi connectivity index (χ3n) is 1.99. The van der Waals surface area contributed by atoms with Crippen LogP contribution < -0.4 is 11.1 Å². The van der Waals surface area contributed by atoms with E-state index >= 15 is 0 Å². The minimum absolute atomic E-state index is 0.0911. The van der Waals surface area contributed by atoms with Gasteiger partial charge in [0.1, 0.15) is 5.72 Å². The van der Waals surface area contributed by atoms with E-state index in [1.165, 1.54) is 0 Å². The molecule has 1 saturated heterocycles. The van der Waals surface area contributed by atoms with Crippen molar-refractivity contribution in [3.05, 3.63) is 0 Å². The van der Waals surface area contributed by atoms with Gasteiger partial charge >= 0.3 is 0 Å². The first-order chi connectivity index (χ1) is 5.83. The van der Waals surface area contributed by atoms with Gasteiger partial charge in [0.2, 0.25) is 0 Å². The molecule has 4 heteroatoms. The van der Waals surface area contributed by atoms with Crippen LogP contribution in [-0.4, -0.2) is 38.7 Å². The molecule has 0 spiro atoms.